The normalized spacial score (nSPS) is 10.1. The van der Waals surface area contributed by atoms with Gasteiger partial charge in [-0.05, 0) is 24.7 Å². The van der Waals surface area contributed by atoms with Gasteiger partial charge in [0.2, 0.25) is 0 Å². The molecule has 0 radical (unpaired) electrons. The van der Waals surface area contributed by atoms with Crippen molar-refractivity contribution >= 4 is 45.6 Å². The highest BCUT2D eigenvalue weighted by molar-refractivity contribution is 9.10. The number of nitrogens with two attached hydrogens (primary N) is 1. The molecule has 23 heavy (non-hydrogen) atoms. The lowest BCUT2D eigenvalue weighted by atomic mass is 10.2. The number of ether oxygens (including phenoxy) is 1. The molecule has 0 atom stereocenters. The smallest absolute Gasteiger partial charge is 0.273 e. The van der Waals surface area contributed by atoms with Crippen LogP contribution in [0.3, 0.4) is 0 Å². The van der Waals surface area contributed by atoms with Gasteiger partial charge in [-0.1, -0.05) is 15.9 Å². The quantitative estimate of drug-likeness (QED) is 0.779. The predicted octanol–water partition coefficient (Wildman–Crippen LogP) is 3.11. The van der Waals surface area contributed by atoms with Gasteiger partial charge < -0.3 is 15.4 Å². The summed E-state index contributed by atoms with van der Waals surface area (Å²) in [5, 5.41) is 2.67. The molecule has 0 unspecified atom stereocenters. The van der Waals surface area contributed by atoms with Crippen molar-refractivity contribution in [3.63, 3.8) is 0 Å². The number of amides is 1. The van der Waals surface area contributed by atoms with Crippen molar-refractivity contribution in [2.45, 2.75) is 13.0 Å². The highest BCUT2D eigenvalue weighted by Crippen LogP contribution is 2.24. The summed E-state index contributed by atoms with van der Waals surface area (Å²) in [7, 11) is 3.37. The first kappa shape index (κ1) is 19.9. The third-order valence-corrected chi connectivity index (χ3v) is 4.53. The van der Waals surface area contributed by atoms with Gasteiger partial charge in [-0.2, -0.15) is 0 Å². The second-order valence-electron chi connectivity index (χ2n) is 4.78. The summed E-state index contributed by atoms with van der Waals surface area (Å²) >= 11 is 4.90. The van der Waals surface area contributed by atoms with Crippen LogP contribution in [0.15, 0.2) is 28.1 Å². The Bertz CT molecular complexity index is 666. The fourth-order valence-electron chi connectivity index (χ4n) is 2.04. The number of carbonyl (C=O) groups excluding carboxylic acids is 1. The highest BCUT2D eigenvalue weighted by Gasteiger charge is 2.17. The lowest BCUT2D eigenvalue weighted by Crippen LogP contribution is -2.26. The van der Waals surface area contributed by atoms with Gasteiger partial charge in [0.15, 0.2) is 0 Å². The standard InChI is InChI=1S/C15H18BrN3O2S.ClH/c1-19(8-10-7-11(16)3-4-13(10)21-2)15(20)12-9-22-14(18-12)5-6-17;/h3-4,7,9H,5-6,8,17H2,1-2H3;1H. The van der Waals surface area contributed by atoms with Crippen LogP contribution >= 0.6 is 39.7 Å². The van der Waals surface area contributed by atoms with Crippen LogP contribution < -0.4 is 10.5 Å². The molecule has 0 saturated heterocycles. The number of hydrogen-bond donors (Lipinski definition) is 1. The summed E-state index contributed by atoms with van der Waals surface area (Å²) < 4.78 is 6.28. The van der Waals surface area contributed by atoms with Crippen LogP contribution in [0.25, 0.3) is 0 Å². The fraction of sp³-hybridized carbons (Fsp3) is 0.333. The van der Waals surface area contributed by atoms with Crippen molar-refractivity contribution in [1.29, 1.82) is 0 Å². The zero-order chi connectivity index (χ0) is 16.1. The molecule has 1 aromatic carbocycles. The SMILES string of the molecule is COc1ccc(Br)cc1CN(C)C(=O)c1csc(CCN)n1.Cl. The molecule has 2 N–H and O–H groups in total. The Hall–Kier alpha value is -1.15. The third kappa shape index (κ3) is 5.17. The van der Waals surface area contributed by atoms with Crippen LogP contribution in [0.4, 0.5) is 0 Å². The molecule has 0 bridgehead atoms. The molecular weight excluding hydrogens is 402 g/mol. The molecule has 8 heteroatoms. The van der Waals surface area contributed by atoms with Crippen molar-refractivity contribution in [3.8, 4) is 5.75 Å². The molecule has 2 rings (SSSR count). The van der Waals surface area contributed by atoms with E-state index in [4.69, 9.17) is 10.5 Å². The van der Waals surface area contributed by atoms with E-state index in [0.29, 0.717) is 25.2 Å². The maximum Gasteiger partial charge on any atom is 0.273 e. The molecule has 0 spiro atoms. The molecule has 1 heterocycles. The number of halogens is 2. The largest absolute Gasteiger partial charge is 0.496 e. The van der Waals surface area contributed by atoms with E-state index in [2.05, 4.69) is 20.9 Å². The first-order chi connectivity index (χ1) is 10.5. The molecule has 0 aliphatic carbocycles. The molecule has 0 aliphatic rings. The Balaban J connectivity index is 0.00000264. The first-order valence-corrected chi connectivity index (χ1v) is 8.44. The summed E-state index contributed by atoms with van der Waals surface area (Å²) in [6, 6.07) is 5.73. The topological polar surface area (TPSA) is 68.5 Å². The van der Waals surface area contributed by atoms with Gasteiger partial charge in [-0.3, -0.25) is 4.79 Å². The van der Waals surface area contributed by atoms with Crippen LogP contribution in [-0.4, -0.2) is 36.5 Å². The number of methoxy groups -OCH3 is 1. The summed E-state index contributed by atoms with van der Waals surface area (Å²) in [5.74, 6) is 0.645. The number of hydrogen-bond acceptors (Lipinski definition) is 5. The summed E-state index contributed by atoms with van der Waals surface area (Å²) in [6.07, 6.45) is 0.696. The Morgan fingerprint density at radius 1 is 1.48 bits per heavy atom. The van der Waals surface area contributed by atoms with E-state index >= 15 is 0 Å². The lowest BCUT2D eigenvalue weighted by Gasteiger charge is -2.18. The van der Waals surface area contributed by atoms with Gasteiger partial charge in [-0.15, -0.1) is 23.7 Å². The summed E-state index contributed by atoms with van der Waals surface area (Å²) in [5.41, 5.74) is 6.91. The van der Waals surface area contributed by atoms with Crippen molar-refractivity contribution < 1.29 is 9.53 Å². The molecule has 5 nitrogen and oxygen atoms in total. The number of thiazole rings is 1. The zero-order valence-corrected chi connectivity index (χ0v) is 16.1. The minimum Gasteiger partial charge on any atom is -0.496 e. The molecule has 0 fully saturated rings. The van der Waals surface area contributed by atoms with E-state index in [1.165, 1.54) is 11.3 Å². The maximum atomic E-state index is 12.4. The van der Waals surface area contributed by atoms with Crippen molar-refractivity contribution in [3.05, 3.63) is 44.3 Å². The van der Waals surface area contributed by atoms with Crippen LogP contribution in [0, 0.1) is 0 Å². The van der Waals surface area contributed by atoms with E-state index in [1.54, 1.807) is 24.4 Å². The summed E-state index contributed by atoms with van der Waals surface area (Å²) in [4.78, 5) is 18.4. The van der Waals surface area contributed by atoms with E-state index in [0.717, 1.165) is 20.8 Å². The molecule has 1 amide bonds. The van der Waals surface area contributed by atoms with Crippen molar-refractivity contribution in [2.24, 2.45) is 5.73 Å². The van der Waals surface area contributed by atoms with Crippen LogP contribution in [0.2, 0.25) is 0 Å². The van der Waals surface area contributed by atoms with Gasteiger partial charge in [0.05, 0.1) is 12.1 Å². The minimum absolute atomic E-state index is 0. The van der Waals surface area contributed by atoms with Crippen LogP contribution in [0.5, 0.6) is 5.75 Å². The highest BCUT2D eigenvalue weighted by atomic mass is 79.9. The van der Waals surface area contributed by atoms with Crippen LogP contribution in [0.1, 0.15) is 21.1 Å². The molecular formula is C15H19BrClN3O2S. The lowest BCUT2D eigenvalue weighted by molar-refractivity contribution is 0.0779. The number of aromatic nitrogens is 1. The van der Waals surface area contributed by atoms with Crippen molar-refractivity contribution in [1.82, 2.24) is 9.88 Å². The zero-order valence-electron chi connectivity index (χ0n) is 12.9. The average molecular weight is 421 g/mol. The second-order valence-corrected chi connectivity index (χ2v) is 6.64. The Kier molecular flexibility index (Phi) is 7.98. The Labute approximate surface area is 154 Å². The number of rotatable bonds is 6. The van der Waals surface area contributed by atoms with E-state index in [9.17, 15) is 4.79 Å². The molecule has 0 aliphatic heterocycles. The summed E-state index contributed by atoms with van der Waals surface area (Å²) in [6.45, 7) is 0.984. The first-order valence-electron chi connectivity index (χ1n) is 6.77. The second kappa shape index (κ2) is 9.22. The van der Waals surface area contributed by atoms with Gasteiger partial charge >= 0.3 is 0 Å². The molecule has 1 aromatic heterocycles. The number of carbonyl (C=O) groups is 1. The fourth-order valence-corrected chi connectivity index (χ4v) is 3.24. The van der Waals surface area contributed by atoms with Gasteiger partial charge in [0.1, 0.15) is 11.4 Å². The molecule has 2 aromatic rings. The average Bonchev–Trinajstić information content (AvgIpc) is 2.95. The predicted molar refractivity (Wildman–Crippen MR) is 98.6 cm³/mol. The van der Waals surface area contributed by atoms with Crippen LogP contribution in [-0.2, 0) is 13.0 Å². The third-order valence-electron chi connectivity index (χ3n) is 3.13. The van der Waals surface area contributed by atoms with Gasteiger partial charge in [0, 0.05) is 35.4 Å². The number of nitrogens with zero attached hydrogens (tertiary/aromatic N) is 2. The van der Waals surface area contributed by atoms with Gasteiger partial charge in [0.25, 0.3) is 5.91 Å². The van der Waals surface area contributed by atoms with Gasteiger partial charge in [-0.25, -0.2) is 4.98 Å². The Morgan fingerprint density at radius 3 is 2.87 bits per heavy atom. The van der Waals surface area contributed by atoms with E-state index < -0.39 is 0 Å². The number of benzene rings is 1. The Morgan fingerprint density at radius 2 is 2.22 bits per heavy atom. The molecule has 0 saturated carbocycles. The van der Waals surface area contributed by atoms with Crippen molar-refractivity contribution in [2.75, 3.05) is 20.7 Å². The van der Waals surface area contributed by atoms with E-state index in [1.807, 2.05) is 18.2 Å². The van der Waals surface area contributed by atoms with E-state index in [-0.39, 0.29) is 18.3 Å². The molecule has 126 valence electrons. The maximum absolute atomic E-state index is 12.4. The monoisotopic (exact) mass is 419 g/mol. The minimum atomic E-state index is -0.110.